The van der Waals surface area contributed by atoms with Crippen molar-refractivity contribution >= 4 is 17.6 Å². The van der Waals surface area contributed by atoms with E-state index in [0.717, 1.165) is 37.9 Å². The van der Waals surface area contributed by atoms with Crippen LogP contribution in [0, 0.1) is 23.2 Å². The summed E-state index contributed by atoms with van der Waals surface area (Å²) in [6.07, 6.45) is 1.41. The second-order valence-electron chi connectivity index (χ2n) is 11.1. The number of carbonyl (C=O) groups excluding carboxylic acids is 2. The van der Waals surface area contributed by atoms with E-state index in [1.807, 2.05) is 11.0 Å². The summed E-state index contributed by atoms with van der Waals surface area (Å²) < 4.78 is 47.4. The average molecular weight is 564 g/mol. The van der Waals surface area contributed by atoms with Crippen molar-refractivity contribution in [1.29, 1.82) is 5.26 Å². The van der Waals surface area contributed by atoms with Gasteiger partial charge in [0.1, 0.15) is 11.9 Å². The maximum Gasteiger partial charge on any atom is 0.402 e. The Kier molecular flexibility index (Phi) is 8.77. The predicted molar refractivity (Wildman–Crippen MR) is 139 cm³/mol. The molecule has 1 saturated carbocycles. The van der Waals surface area contributed by atoms with E-state index >= 15 is 0 Å². The fraction of sp³-hybridized carbons (Fsp3) is 0.704. The van der Waals surface area contributed by atoms with Crippen LogP contribution < -0.4 is 15.8 Å². The first kappa shape index (κ1) is 28.6. The standard InChI is InChI=1S/C27H36F3N7O3/c28-27(29,30)24-22(16-33-34-25(24)38)37-8-2-4-20(37)17-40-21-5-1-3-19(13-21)26(39)36-11-9-35(10-12-36)23-7-6-18(14-31)15-32-23/h6-7,15,19-22,24,33H,1-5,8-13,16-17H2,(H,34,38)/t19-,20-,21+,22?,24?/m0/s1. The van der Waals surface area contributed by atoms with Crippen LogP contribution in [0.4, 0.5) is 19.0 Å². The van der Waals surface area contributed by atoms with Crippen molar-refractivity contribution in [2.75, 3.05) is 50.8 Å². The fourth-order valence-electron chi connectivity index (χ4n) is 6.58. The minimum atomic E-state index is -4.62. The third kappa shape index (κ3) is 6.34. The van der Waals surface area contributed by atoms with Crippen LogP contribution in [0.1, 0.15) is 44.1 Å². The van der Waals surface area contributed by atoms with Gasteiger partial charge in [0.25, 0.3) is 0 Å². The van der Waals surface area contributed by atoms with E-state index < -0.39 is 24.0 Å². The Morgan fingerprint density at radius 3 is 2.62 bits per heavy atom. The number of piperazine rings is 1. The molecule has 4 fully saturated rings. The first-order valence-corrected chi connectivity index (χ1v) is 14.1. The van der Waals surface area contributed by atoms with Crippen molar-refractivity contribution in [3.05, 3.63) is 23.9 Å². The van der Waals surface area contributed by atoms with Crippen LogP contribution in [0.5, 0.6) is 0 Å². The second kappa shape index (κ2) is 12.3. The number of nitrogens with one attached hydrogen (secondary N) is 2. The number of rotatable bonds is 6. The molecule has 5 rings (SSSR count). The molecule has 0 spiro atoms. The fourth-order valence-corrected chi connectivity index (χ4v) is 6.58. The van der Waals surface area contributed by atoms with E-state index in [4.69, 9.17) is 10.00 Å². The van der Waals surface area contributed by atoms with Gasteiger partial charge in [0.15, 0.2) is 5.92 Å². The molecule has 0 aromatic carbocycles. The Morgan fingerprint density at radius 2 is 1.93 bits per heavy atom. The molecule has 1 aromatic rings. The number of aromatic nitrogens is 1. The zero-order valence-corrected chi connectivity index (χ0v) is 22.4. The highest BCUT2D eigenvalue weighted by atomic mass is 19.4. The summed E-state index contributed by atoms with van der Waals surface area (Å²) in [5.74, 6) is -2.31. The lowest BCUT2D eigenvalue weighted by Crippen LogP contribution is -2.65. The maximum atomic E-state index is 13.7. The molecular weight excluding hydrogens is 527 g/mol. The highest BCUT2D eigenvalue weighted by Crippen LogP contribution is 2.36. The summed E-state index contributed by atoms with van der Waals surface area (Å²) >= 11 is 0. The highest BCUT2D eigenvalue weighted by molar-refractivity contribution is 5.80. The number of halogens is 3. The summed E-state index contributed by atoms with van der Waals surface area (Å²) in [5, 5.41) is 8.96. The molecule has 3 aliphatic heterocycles. The van der Waals surface area contributed by atoms with Gasteiger partial charge < -0.3 is 14.5 Å². The number of amides is 2. The lowest BCUT2D eigenvalue weighted by atomic mass is 9.86. The van der Waals surface area contributed by atoms with E-state index in [-0.39, 0.29) is 30.5 Å². The van der Waals surface area contributed by atoms with Gasteiger partial charge in [0.05, 0.1) is 18.3 Å². The van der Waals surface area contributed by atoms with Crippen LogP contribution in [0.2, 0.25) is 0 Å². The van der Waals surface area contributed by atoms with E-state index in [9.17, 15) is 22.8 Å². The molecule has 2 N–H and O–H groups in total. The summed E-state index contributed by atoms with van der Waals surface area (Å²) in [6, 6.07) is 4.47. The van der Waals surface area contributed by atoms with E-state index in [1.165, 1.54) is 0 Å². The molecule has 2 amide bonds. The number of nitriles is 1. The van der Waals surface area contributed by atoms with Crippen LogP contribution in [0.3, 0.4) is 0 Å². The number of hydrogen-bond acceptors (Lipinski definition) is 8. The van der Waals surface area contributed by atoms with Gasteiger partial charge in [-0.2, -0.15) is 18.4 Å². The van der Waals surface area contributed by atoms with Gasteiger partial charge in [0, 0.05) is 56.9 Å². The van der Waals surface area contributed by atoms with E-state index in [1.54, 1.807) is 17.2 Å². The number of anilines is 1. The van der Waals surface area contributed by atoms with Crippen molar-refractivity contribution in [2.45, 2.75) is 62.9 Å². The normalized spacial score (nSPS) is 30.1. The summed E-state index contributed by atoms with van der Waals surface area (Å²) in [4.78, 5) is 35.6. The number of alkyl halides is 3. The number of likely N-dealkylation sites (tertiary alicyclic amines) is 1. The zero-order chi connectivity index (χ0) is 28.3. The van der Waals surface area contributed by atoms with Crippen molar-refractivity contribution < 1.29 is 27.5 Å². The number of hydrazine groups is 1. The van der Waals surface area contributed by atoms with Crippen molar-refractivity contribution in [3.63, 3.8) is 0 Å². The molecule has 5 atom stereocenters. The quantitative estimate of drug-likeness (QED) is 0.539. The molecule has 0 radical (unpaired) electrons. The molecule has 4 aliphatic rings. The average Bonchev–Trinajstić information content (AvgIpc) is 3.44. The van der Waals surface area contributed by atoms with Gasteiger partial charge in [-0.05, 0) is 50.8 Å². The zero-order valence-electron chi connectivity index (χ0n) is 22.4. The summed E-state index contributed by atoms with van der Waals surface area (Å²) in [6.45, 7) is 3.36. The lowest BCUT2D eigenvalue weighted by Gasteiger charge is -2.41. The Balaban J connectivity index is 1.11. The van der Waals surface area contributed by atoms with Crippen molar-refractivity contribution in [1.82, 2.24) is 25.6 Å². The van der Waals surface area contributed by atoms with Crippen LogP contribution in [0.15, 0.2) is 18.3 Å². The lowest BCUT2D eigenvalue weighted by molar-refractivity contribution is -0.202. The Morgan fingerprint density at radius 1 is 1.12 bits per heavy atom. The number of pyridine rings is 1. The Bertz CT molecular complexity index is 1090. The Labute approximate surface area is 231 Å². The topological polar surface area (TPSA) is 114 Å². The molecule has 13 heteroatoms. The number of nitrogens with zero attached hydrogens (tertiary/aromatic N) is 5. The predicted octanol–water partition coefficient (Wildman–Crippen LogP) is 1.82. The first-order valence-electron chi connectivity index (χ1n) is 14.1. The molecule has 10 nitrogen and oxygen atoms in total. The summed E-state index contributed by atoms with van der Waals surface area (Å²) in [7, 11) is 0. The first-order chi connectivity index (χ1) is 19.2. The number of ether oxygens (including phenoxy) is 1. The van der Waals surface area contributed by atoms with Crippen molar-refractivity contribution in [3.8, 4) is 6.07 Å². The minimum Gasteiger partial charge on any atom is -0.377 e. The second-order valence-corrected chi connectivity index (χ2v) is 11.1. The van der Waals surface area contributed by atoms with Crippen LogP contribution in [-0.4, -0.2) is 96.8 Å². The maximum absolute atomic E-state index is 13.7. The van der Waals surface area contributed by atoms with Crippen molar-refractivity contribution in [2.24, 2.45) is 11.8 Å². The summed E-state index contributed by atoms with van der Waals surface area (Å²) in [5.41, 5.74) is 5.25. The molecule has 3 saturated heterocycles. The molecule has 2 unspecified atom stereocenters. The molecule has 1 aliphatic carbocycles. The third-order valence-electron chi connectivity index (χ3n) is 8.68. The van der Waals surface area contributed by atoms with E-state index in [2.05, 4.69) is 26.8 Å². The van der Waals surface area contributed by atoms with Gasteiger partial charge in [-0.3, -0.25) is 19.9 Å². The van der Waals surface area contributed by atoms with Gasteiger partial charge in [-0.25, -0.2) is 10.4 Å². The number of carbonyl (C=O) groups is 2. The minimum absolute atomic E-state index is 0.0287. The smallest absolute Gasteiger partial charge is 0.377 e. The molecular formula is C27H36F3N7O3. The largest absolute Gasteiger partial charge is 0.402 e. The van der Waals surface area contributed by atoms with Gasteiger partial charge in [-0.15, -0.1) is 0 Å². The van der Waals surface area contributed by atoms with Crippen LogP contribution in [0.25, 0.3) is 0 Å². The number of hydrogen-bond donors (Lipinski definition) is 2. The van der Waals surface area contributed by atoms with Crippen LogP contribution >= 0.6 is 0 Å². The van der Waals surface area contributed by atoms with E-state index in [0.29, 0.717) is 51.3 Å². The molecule has 1 aromatic heterocycles. The van der Waals surface area contributed by atoms with Gasteiger partial charge in [0.2, 0.25) is 11.8 Å². The highest BCUT2D eigenvalue weighted by Gasteiger charge is 2.54. The van der Waals surface area contributed by atoms with Crippen LogP contribution in [-0.2, 0) is 14.3 Å². The SMILES string of the molecule is N#Cc1ccc(N2CCN(C(=O)[C@H]3CCC[C@@H](OC[C@@H]4CCCN4C4CNNC(=O)C4C(F)(F)F)C3)CC2)nc1. The molecule has 218 valence electrons. The van der Waals surface area contributed by atoms with Gasteiger partial charge in [-0.1, -0.05) is 6.42 Å². The molecule has 0 bridgehead atoms. The third-order valence-corrected chi connectivity index (χ3v) is 8.68. The van der Waals surface area contributed by atoms with Gasteiger partial charge >= 0.3 is 6.18 Å². The molecule has 4 heterocycles. The molecule has 40 heavy (non-hydrogen) atoms. The Hall–Kier alpha value is -2.95. The monoisotopic (exact) mass is 563 g/mol.